The summed E-state index contributed by atoms with van der Waals surface area (Å²) in [6.45, 7) is 8.39. The normalized spacial score (nSPS) is 17.8. The summed E-state index contributed by atoms with van der Waals surface area (Å²) in [5.41, 5.74) is 1.58. The third-order valence-electron chi connectivity index (χ3n) is 5.03. The van der Waals surface area contributed by atoms with Crippen LogP contribution in [0.1, 0.15) is 38.4 Å². The van der Waals surface area contributed by atoms with E-state index in [2.05, 4.69) is 23.5 Å². The molecule has 1 fully saturated rings. The van der Waals surface area contributed by atoms with Gasteiger partial charge in [0.25, 0.3) is 10.0 Å². The first kappa shape index (κ1) is 21.6. The highest BCUT2D eigenvalue weighted by molar-refractivity contribution is 7.92. The van der Waals surface area contributed by atoms with Gasteiger partial charge in [0, 0.05) is 18.8 Å². The predicted octanol–water partition coefficient (Wildman–Crippen LogP) is 4.06. The Morgan fingerprint density at radius 2 is 1.83 bits per heavy atom. The smallest absolute Gasteiger partial charge is 0.261 e. The van der Waals surface area contributed by atoms with Crippen LogP contribution in [-0.2, 0) is 14.8 Å². The summed E-state index contributed by atoms with van der Waals surface area (Å²) in [6, 6.07) is 13.9. The van der Waals surface area contributed by atoms with Crippen LogP contribution in [0.15, 0.2) is 53.4 Å². The lowest BCUT2D eigenvalue weighted by Gasteiger charge is -2.32. The van der Waals surface area contributed by atoms with Crippen molar-refractivity contribution in [2.45, 2.75) is 37.7 Å². The van der Waals surface area contributed by atoms with Crippen LogP contribution in [-0.4, -0.2) is 46.2 Å². The molecule has 0 bridgehead atoms. The van der Waals surface area contributed by atoms with Gasteiger partial charge in [-0.2, -0.15) is 0 Å². The Balaban J connectivity index is 1.62. The van der Waals surface area contributed by atoms with Crippen molar-refractivity contribution in [2.75, 3.05) is 37.6 Å². The Kier molecular flexibility index (Phi) is 7.52. The summed E-state index contributed by atoms with van der Waals surface area (Å²) in [4.78, 5) is 2.55. The molecule has 1 atom stereocenters. The third kappa shape index (κ3) is 5.95. The van der Waals surface area contributed by atoms with Gasteiger partial charge in [-0.15, -0.1) is 0 Å². The number of hydrogen-bond donors (Lipinski definition) is 1. The standard InChI is InChI=1S/C22H30N2O4S/c1-3-5-15-27-20-10-12-21(13-11-20)29(25,26)23-19-8-6-18(7-9-19)22-17-24(4-2)14-16-28-22/h6-13,22-23H,3-5,14-17H2,1-2H3. The summed E-state index contributed by atoms with van der Waals surface area (Å²) >= 11 is 0. The fourth-order valence-electron chi connectivity index (χ4n) is 3.22. The van der Waals surface area contributed by atoms with Gasteiger partial charge >= 0.3 is 0 Å². The molecule has 7 heteroatoms. The van der Waals surface area contributed by atoms with E-state index in [0.717, 1.165) is 38.0 Å². The molecule has 0 saturated carbocycles. The predicted molar refractivity (Wildman–Crippen MR) is 115 cm³/mol. The van der Waals surface area contributed by atoms with Crippen LogP contribution in [0, 0.1) is 0 Å². The minimum Gasteiger partial charge on any atom is -0.494 e. The van der Waals surface area contributed by atoms with Crippen molar-refractivity contribution < 1.29 is 17.9 Å². The van der Waals surface area contributed by atoms with Crippen molar-refractivity contribution in [1.29, 1.82) is 0 Å². The van der Waals surface area contributed by atoms with E-state index in [0.29, 0.717) is 24.7 Å². The molecule has 2 aromatic rings. The minimum atomic E-state index is -3.65. The van der Waals surface area contributed by atoms with E-state index in [9.17, 15) is 8.42 Å². The average Bonchev–Trinajstić information content (AvgIpc) is 2.75. The van der Waals surface area contributed by atoms with Gasteiger partial charge in [0.05, 0.1) is 24.2 Å². The lowest BCUT2D eigenvalue weighted by molar-refractivity contribution is -0.0281. The SMILES string of the molecule is CCCCOc1ccc(S(=O)(=O)Nc2ccc(C3CN(CC)CCO3)cc2)cc1. The lowest BCUT2D eigenvalue weighted by atomic mass is 10.1. The van der Waals surface area contributed by atoms with Crippen LogP contribution in [0.25, 0.3) is 0 Å². The number of nitrogens with zero attached hydrogens (tertiary/aromatic N) is 1. The molecule has 158 valence electrons. The van der Waals surface area contributed by atoms with Crippen molar-refractivity contribution in [1.82, 2.24) is 4.90 Å². The summed E-state index contributed by atoms with van der Waals surface area (Å²) < 4.78 is 39.4. The quantitative estimate of drug-likeness (QED) is 0.622. The van der Waals surface area contributed by atoms with Crippen molar-refractivity contribution >= 4 is 15.7 Å². The summed E-state index contributed by atoms with van der Waals surface area (Å²) in [6.07, 6.45) is 2.05. The molecule has 0 radical (unpaired) electrons. The Morgan fingerprint density at radius 3 is 2.48 bits per heavy atom. The number of benzene rings is 2. The van der Waals surface area contributed by atoms with Gasteiger partial charge in [-0.1, -0.05) is 32.4 Å². The molecule has 0 aromatic heterocycles. The summed E-state index contributed by atoms with van der Waals surface area (Å²) in [5.74, 6) is 0.676. The third-order valence-corrected chi connectivity index (χ3v) is 6.43. The van der Waals surface area contributed by atoms with E-state index in [1.54, 1.807) is 36.4 Å². The lowest BCUT2D eigenvalue weighted by Crippen LogP contribution is -2.38. The first-order valence-corrected chi connectivity index (χ1v) is 11.7. The Bertz CT molecular complexity index is 867. The second-order valence-corrected chi connectivity index (χ2v) is 8.84. The van der Waals surface area contributed by atoms with E-state index in [1.165, 1.54) is 0 Å². The Labute approximate surface area is 173 Å². The first-order valence-electron chi connectivity index (χ1n) is 10.2. The number of likely N-dealkylation sites (N-methyl/N-ethyl adjacent to an activating group) is 1. The van der Waals surface area contributed by atoms with Crippen molar-refractivity contribution in [3.05, 3.63) is 54.1 Å². The summed E-state index contributed by atoms with van der Waals surface area (Å²) in [7, 11) is -3.65. The summed E-state index contributed by atoms with van der Waals surface area (Å²) in [5, 5.41) is 0. The minimum absolute atomic E-state index is 0.0228. The molecule has 6 nitrogen and oxygen atoms in total. The maximum Gasteiger partial charge on any atom is 0.261 e. The molecule has 2 aromatic carbocycles. The second-order valence-electron chi connectivity index (χ2n) is 7.15. The molecule has 0 amide bonds. The maximum absolute atomic E-state index is 12.7. The topological polar surface area (TPSA) is 67.9 Å². The zero-order chi connectivity index (χ0) is 20.7. The number of morpholine rings is 1. The van der Waals surface area contributed by atoms with Gasteiger partial charge in [-0.3, -0.25) is 9.62 Å². The van der Waals surface area contributed by atoms with Gasteiger partial charge < -0.3 is 9.47 Å². The fraction of sp³-hybridized carbons (Fsp3) is 0.455. The Hall–Kier alpha value is -2.09. The molecule has 1 aliphatic heterocycles. The highest BCUT2D eigenvalue weighted by Crippen LogP contribution is 2.25. The van der Waals surface area contributed by atoms with Crippen LogP contribution >= 0.6 is 0 Å². The number of nitrogens with one attached hydrogen (secondary N) is 1. The molecular weight excluding hydrogens is 388 g/mol. The number of ether oxygens (including phenoxy) is 2. The van der Waals surface area contributed by atoms with E-state index in [4.69, 9.17) is 9.47 Å². The molecule has 0 aliphatic carbocycles. The van der Waals surface area contributed by atoms with E-state index >= 15 is 0 Å². The van der Waals surface area contributed by atoms with Crippen molar-refractivity contribution in [2.24, 2.45) is 0 Å². The van der Waals surface area contributed by atoms with Gasteiger partial charge in [-0.05, 0) is 54.9 Å². The van der Waals surface area contributed by atoms with Gasteiger partial charge in [0.2, 0.25) is 0 Å². The van der Waals surface area contributed by atoms with Crippen molar-refractivity contribution in [3.63, 3.8) is 0 Å². The molecular formula is C22H30N2O4S. The van der Waals surface area contributed by atoms with Crippen LogP contribution < -0.4 is 9.46 Å². The number of unbranched alkanes of at least 4 members (excludes halogenated alkanes) is 1. The monoisotopic (exact) mass is 418 g/mol. The fourth-order valence-corrected chi connectivity index (χ4v) is 4.28. The number of hydrogen-bond acceptors (Lipinski definition) is 5. The highest BCUT2D eigenvalue weighted by Gasteiger charge is 2.21. The molecule has 1 saturated heterocycles. The van der Waals surface area contributed by atoms with E-state index in [1.807, 2.05) is 12.1 Å². The first-order chi connectivity index (χ1) is 14.0. The molecule has 1 N–H and O–H groups in total. The van der Waals surface area contributed by atoms with E-state index in [-0.39, 0.29) is 11.0 Å². The highest BCUT2D eigenvalue weighted by atomic mass is 32.2. The molecule has 0 spiro atoms. The van der Waals surface area contributed by atoms with E-state index < -0.39 is 10.0 Å². The van der Waals surface area contributed by atoms with Gasteiger partial charge in [0.1, 0.15) is 5.75 Å². The second kappa shape index (κ2) is 10.1. The molecule has 3 rings (SSSR count). The van der Waals surface area contributed by atoms with Gasteiger partial charge in [0.15, 0.2) is 0 Å². The molecule has 1 heterocycles. The Morgan fingerprint density at radius 1 is 1.10 bits per heavy atom. The number of sulfonamides is 1. The van der Waals surface area contributed by atoms with Crippen LogP contribution in [0.5, 0.6) is 5.75 Å². The zero-order valence-corrected chi connectivity index (χ0v) is 18.0. The van der Waals surface area contributed by atoms with Crippen molar-refractivity contribution in [3.8, 4) is 5.75 Å². The van der Waals surface area contributed by atoms with Crippen LogP contribution in [0.2, 0.25) is 0 Å². The molecule has 1 aliphatic rings. The van der Waals surface area contributed by atoms with Gasteiger partial charge in [-0.25, -0.2) is 8.42 Å². The number of anilines is 1. The zero-order valence-electron chi connectivity index (χ0n) is 17.1. The van der Waals surface area contributed by atoms with Crippen LogP contribution in [0.4, 0.5) is 5.69 Å². The molecule has 1 unspecified atom stereocenters. The maximum atomic E-state index is 12.7. The number of rotatable bonds is 9. The molecule has 29 heavy (non-hydrogen) atoms. The average molecular weight is 419 g/mol. The van der Waals surface area contributed by atoms with Crippen LogP contribution in [0.3, 0.4) is 0 Å². The largest absolute Gasteiger partial charge is 0.494 e.